The maximum absolute atomic E-state index is 13.1. The van der Waals surface area contributed by atoms with Crippen molar-refractivity contribution >= 4 is 11.7 Å². The number of rotatable bonds is 5. The second-order valence-corrected chi connectivity index (χ2v) is 7.77. The quantitative estimate of drug-likeness (QED) is 0.695. The van der Waals surface area contributed by atoms with Crippen LogP contribution in [0.1, 0.15) is 24.0 Å². The summed E-state index contributed by atoms with van der Waals surface area (Å²) in [5, 5.41) is 11.7. The Hall–Kier alpha value is -3.28. The number of piperidine rings is 1. The van der Waals surface area contributed by atoms with E-state index in [1.54, 1.807) is 12.1 Å². The number of aryl methyl sites for hydroxylation is 1. The van der Waals surface area contributed by atoms with E-state index in [9.17, 15) is 9.18 Å². The molecule has 0 saturated carbocycles. The molecule has 0 bridgehead atoms. The van der Waals surface area contributed by atoms with Crippen LogP contribution in [0.4, 0.5) is 10.2 Å². The second kappa shape index (κ2) is 9.03. The van der Waals surface area contributed by atoms with Gasteiger partial charge in [-0.2, -0.15) is 0 Å². The number of aromatic nitrogens is 2. The number of hydrogen-bond acceptors (Lipinski definition) is 4. The Morgan fingerprint density at radius 1 is 1.07 bits per heavy atom. The monoisotopic (exact) mass is 404 g/mol. The average Bonchev–Trinajstić information content (AvgIpc) is 2.79. The van der Waals surface area contributed by atoms with Gasteiger partial charge in [-0.1, -0.05) is 29.8 Å². The molecule has 1 unspecified atom stereocenters. The van der Waals surface area contributed by atoms with E-state index >= 15 is 0 Å². The highest BCUT2D eigenvalue weighted by Crippen LogP contribution is 2.23. The zero-order valence-electron chi connectivity index (χ0n) is 17.0. The van der Waals surface area contributed by atoms with Gasteiger partial charge in [0.15, 0.2) is 5.82 Å². The number of amides is 1. The minimum Gasteiger partial charge on any atom is -0.354 e. The molecule has 0 aliphatic carbocycles. The molecule has 1 aliphatic rings. The van der Waals surface area contributed by atoms with E-state index in [0.29, 0.717) is 18.8 Å². The minimum absolute atomic E-state index is 0.0669. The van der Waals surface area contributed by atoms with Gasteiger partial charge in [0.1, 0.15) is 5.82 Å². The third kappa shape index (κ3) is 4.82. The van der Waals surface area contributed by atoms with E-state index in [1.165, 1.54) is 17.7 Å². The number of carbonyl (C=O) groups excluding carboxylic acids is 1. The van der Waals surface area contributed by atoms with Crippen LogP contribution in [0.15, 0.2) is 60.7 Å². The van der Waals surface area contributed by atoms with Gasteiger partial charge in [-0.25, -0.2) is 4.39 Å². The third-order valence-electron chi connectivity index (χ3n) is 5.49. The summed E-state index contributed by atoms with van der Waals surface area (Å²) in [5.41, 5.74) is 3.83. The normalized spacial score (nSPS) is 16.3. The Kier molecular flexibility index (Phi) is 6.02. The molecule has 154 valence electrons. The molecule has 0 spiro atoms. The van der Waals surface area contributed by atoms with Gasteiger partial charge in [-0.3, -0.25) is 4.79 Å². The van der Waals surface area contributed by atoms with Crippen LogP contribution in [0.25, 0.3) is 11.3 Å². The van der Waals surface area contributed by atoms with E-state index < -0.39 is 0 Å². The maximum Gasteiger partial charge on any atom is 0.225 e. The topological polar surface area (TPSA) is 58.1 Å². The fraction of sp³-hybridized carbons (Fsp3) is 0.292. The number of hydrogen-bond donors (Lipinski definition) is 1. The first-order valence-corrected chi connectivity index (χ1v) is 10.3. The van der Waals surface area contributed by atoms with Crippen molar-refractivity contribution in [1.82, 2.24) is 15.5 Å². The van der Waals surface area contributed by atoms with Crippen LogP contribution in [0, 0.1) is 18.7 Å². The summed E-state index contributed by atoms with van der Waals surface area (Å²) in [7, 11) is 0. The molecule has 0 radical (unpaired) electrons. The van der Waals surface area contributed by atoms with Crippen molar-refractivity contribution < 1.29 is 9.18 Å². The van der Waals surface area contributed by atoms with Gasteiger partial charge in [0.05, 0.1) is 11.6 Å². The molecular formula is C24H25FN4O. The van der Waals surface area contributed by atoms with Gasteiger partial charge >= 0.3 is 0 Å². The zero-order chi connectivity index (χ0) is 20.9. The van der Waals surface area contributed by atoms with Crippen molar-refractivity contribution in [2.75, 3.05) is 18.0 Å². The standard InChI is InChI=1S/C24H25FN4O/c1-17-4-6-18(7-5-17)15-26-24(30)20-3-2-14-29(16-20)23-13-12-22(27-28-23)19-8-10-21(25)11-9-19/h4-13,20H,2-3,14-16H2,1H3,(H,26,30). The first kappa shape index (κ1) is 20.0. The SMILES string of the molecule is Cc1ccc(CNC(=O)C2CCCN(c3ccc(-c4ccc(F)cc4)nn3)C2)cc1. The van der Waals surface area contributed by atoms with Gasteiger partial charge in [-0.05, 0) is 61.7 Å². The Bertz CT molecular complexity index is 987. The van der Waals surface area contributed by atoms with Crippen molar-refractivity contribution in [3.05, 3.63) is 77.6 Å². The summed E-state index contributed by atoms with van der Waals surface area (Å²) >= 11 is 0. The maximum atomic E-state index is 13.1. The smallest absolute Gasteiger partial charge is 0.225 e. The fourth-order valence-electron chi connectivity index (χ4n) is 3.71. The molecular weight excluding hydrogens is 379 g/mol. The Balaban J connectivity index is 1.36. The lowest BCUT2D eigenvalue weighted by Gasteiger charge is -2.32. The fourth-order valence-corrected chi connectivity index (χ4v) is 3.71. The van der Waals surface area contributed by atoms with Crippen molar-refractivity contribution in [2.45, 2.75) is 26.3 Å². The van der Waals surface area contributed by atoms with Crippen LogP contribution < -0.4 is 10.2 Å². The van der Waals surface area contributed by atoms with Crippen LogP contribution in [0.3, 0.4) is 0 Å². The number of anilines is 1. The van der Waals surface area contributed by atoms with E-state index in [2.05, 4.69) is 32.5 Å². The van der Waals surface area contributed by atoms with E-state index in [-0.39, 0.29) is 17.6 Å². The van der Waals surface area contributed by atoms with Gasteiger partial charge in [0.2, 0.25) is 5.91 Å². The lowest BCUT2D eigenvalue weighted by molar-refractivity contribution is -0.125. The highest BCUT2D eigenvalue weighted by Gasteiger charge is 2.26. The number of benzene rings is 2. The molecule has 1 N–H and O–H groups in total. The summed E-state index contributed by atoms with van der Waals surface area (Å²) in [5.74, 6) is 0.499. The van der Waals surface area contributed by atoms with E-state index in [4.69, 9.17) is 0 Å². The summed E-state index contributed by atoms with van der Waals surface area (Å²) < 4.78 is 13.1. The molecule has 1 aromatic heterocycles. The van der Waals surface area contributed by atoms with E-state index in [1.807, 2.05) is 31.2 Å². The second-order valence-electron chi connectivity index (χ2n) is 7.77. The molecule has 2 aromatic carbocycles. The molecule has 1 fully saturated rings. The van der Waals surface area contributed by atoms with Gasteiger partial charge in [0, 0.05) is 25.2 Å². The third-order valence-corrected chi connectivity index (χ3v) is 5.49. The van der Waals surface area contributed by atoms with E-state index in [0.717, 1.165) is 36.3 Å². The summed E-state index contributed by atoms with van der Waals surface area (Å²) in [6, 6.07) is 18.2. The molecule has 1 amide bonds. The summed E-state index contributed by atoms with van der Waals surface area (Å²) in [4.78, 5) is 14.8. The van der Waals surface area contributed by atoms with Crippen molar-refractivity contribution in [1.29, 1.82) is 0 Å². The molecule has 30 heavy (non-hydrogen) atoms. The number of nitrogens with zero attached hydrogens (tertiary/aromatic N) is 3. The highest BCUT2D eigenvalue weighted by atomic mass is 19.1. The van der Waals surface area contributed by atoms with Crippen molar-refractivity contribution in [3.8, 4) is 11.3 Å². The molecule has 1 atom stereocenters. The molecule has 2 heterocycles. The van der Waals surface area contributed by atoms with Gasteiger partial charge in [0.25, 0.3) is 0 Å². The van der Waals surface area contributed by atoms with Crippen LogP contribution in [0.5, 0.6) is 0 Å². The predicted molar refractivity (Wildman–Crippen MR) is 115 cm³/mol. The first-order chi connectivity index (χ1) is 14.6. The van der Waals surface area contributed by atoms with Crippen LogP contribution >= 0.6 is 0 Å². The Morgan fingerprint density at radius 3 is 2.53 bits per heavy atom. The lowest BCUT2D eigenvalue weighted by Crippen LogP contribution is -2.43. The Labute approximate surface area is 176 Å². The van der Waals surface area contributed by atoms with Crippen molar-refractivity contribution in [3.63, 3.8) is 0 Å². The van der Waals surface area contributed by atoms with Crippen molar-refractivity contribution in [2.24, 2.45) is 5.92 Å². The average molecular weight is 404 g/mol. The largest absolute Gasteiger partial charge is 0.354 e. The Morgan fingerprint density at radius 2 is 1.83 bits per heavy atom. The predicted octanol–water partition coefficient (Wildman–Crippen LogP) is 4.12. The first-order valence-electron chi connectivity index (χ1n) is 10.3. The number of nitrogens with one attached hydrogen (secondary N) is 1. The number of halogens is 1. The molecule has 5 nitrogen and oxygen atoms in total. The molecule has 6 heteroatoms. The van der Waals surface area contributed by atoms with Crippen LogP contribution in [-0.4, -0.2) is 29.2 Å². The van der Waals surface area contributed by atoms with Gasteiger partial charge < -0.3 is 10.2 Å². The molecule has 4 rings (SSSR count). The molecule has 1 saturated heterocycles. The lowest BCUT2D eigenvalue weighted by atomic mass is 9.97. The molecule has 3 aromatic rings. The summed E-state index contributed by atoms with van der Waals surface area (Å²) in [6.45, 7) is 4.08. The number of carbonyl (C=O) groups is 1. The van der Waals surface area contributed by atoms with Gasteiger partial charge in [-0.15, -0.1) is 10.2 Å². The minimum atomic E-state index is -0.275. The zero-order valence-corrected chi connectivity index (χ0v) is 17.0. The molecule has 1 aliphatic heterocycles. The van der Waals surface area contributed by atoms with Crippen LogP contribution in [-0.2, 0) is 11.3 Å². The van der Waals surface area contributed by atoms with Crippen LogP contribution in [0.2, 0.25) is 0 Å². The summed E-state index contributed by atoms with van der Waals surface area (Å²) in [6.07, 6.45) is 1.81. The highest BCUT2D eigenvalue weighted by molar-refractivity contribution is 5.79.